The van der Waals surface area contributed by atoms with Crippen LogP contribution < -0.4 is 20.5 Å². The molecule has 2 aliphatic heterocycles. The molecule has 0 aliphatic carbocycles. The summed E-state index contributed by atoms with van der Waals surface area (Å²) in [5.41, 5.74) is 11.9. The zero-order chi connectivity index (χ0) is 30.5. The highest BCUT2D eigenvalue weighted by molar-refractivity contribution is 6.06. The van der Waals surface area contributed by atoms with Gasteiger partial charge in [-0.15, -0.1) is 0 Å². The molecule has 44 heavy (non-hydrogen) atoms. The standard InChI is InChI=1S/C22H23N3O3.C13H15N3/c1-27-19-11-10-15(13-20(19)28-2)22(26)24-17-8-4-3-7-16(17)18-14-25-12-6-5-9-21(25)23-18;14-11-6-2-1-5-10(11)12-9-16-8-4-3-7-13(16)15-12/h3-4,7-8,10-11,13-14H,5-6,9,12H2,1-2H3,(H,24,26);1-2,5-6,9H,3-4,7-8,14H2. The molecule has 1 amide bonds. The molecule has 4 heterocycles. The van der Waals surface area contributed by atoms with Crippen molar-refractivity contribution in [1.29, 1.82) is 0 Å². The molecule has 0 bridgehead atoms. The fraction of sp³-hybridized carbons (Fsp3) is 0.286. The molecule has 226 valence electrons. The van der Waals surface area contributed by atoms with Gasteiger partial charge in [-0.25, -0.2) is 9.97 Å². The summed E-state index contributed by atoms with van der Waals surface area (Å²) in [7, 11) is 3.12. The Bertz CT molecular complexity index is 1730. The van der Waals surface area contributed by atoms with Crippen LogP contribution in [-0.4, -0.2) is 39.2 Å². The van der Waals surface area contributed by atoms with Crippen molar-refractivity contribution in [3.05, 3.63) is 96.3 Å². The van der Waals surface area contributed by atoms with Gasteiger partial charge in [0.05, 0.1) is 31.3 Å². The number of fused-ring (bicyclic) bond motifs is 2. The first-order chi connectivity index (χ1) is 21.5. The van der Waals surface area contributed by atoms with Crippen LogP contribution >= 0.6 is 0 Å². The summed E-state index contributed by atoms with van der Waals surface area (Å²) in [6.07, 6.45) is 11.2. The normalized spacial score (nSPS) is 13.6. The first-order valence-electron chi connectivity index (χ1n) is 15.1. The third-order valence-corrected chi connectivity index (χ3v) is 8.15. The van der Waals surface area contributed by atoms with Crippen molar-refractivity contribution in [2.24, 2.45) is 0 Å². The Balaban J connectivity index is 0.000000181. The van der Waals surface area contributed by atoms with E-state index in [2.05, 4.69) is 31.8 Å². The predicted octanol–water partition coefficient (Wildman–Crippen LogP) is 6.62. The lowest BCUT2D eigenvalue weighted by atomic mass is 10.1. The van der Waals surface area contributed by atoms with Crippen LogP contribution in [0.1, 0.15) is 47.7 Å². The summed E-state index contributed by atoms with van der Waals surface area (Å²) in [6.45, 7) is 2.09. The third kappa shape index (κ3) is 6.17. The van der Waals surface area contributed by atoms with E-state index in [1.54, 1.807) is 32.4 Å². The minimum Gasteiger partial charge on any atom is -0.493 e. The quantitative estimate of drug-likeness (QED) is 0.215. The molecule has 2 aromatic heterocycles. The lowest BCUT2D eigenvalue weighted by Crippen LogP contribution is -2.13. The van der Waals surface area contributed by atoms with Gasteiger partial charge >= 0.3 is 0 Å². The molecule has 0 radical (unpaired) electrons. The fourth-order valence-electron chi connectivity index (χ4n) is 5.80. The molecule has 0 fully saturated rings. The highest BCUT2D eigenvalue weighted by Gasteiger charge is 2.18. The number of imidazole rings is 2. The number of nitrogen functional groups attached to an aromatic ring is 1. The number of para-hydroxylation sites is 2. The fourth-order valence-corrected chi connectivity index (χ4v) is 5.80. The highest BCUT2D eigenvalue weighted by atomic mass is 16.5. The Labute approximate surface area is 257 Å². The molecule has 7 rings (SSSR count). The van der Waals surface area contributed by atoms with Crippen molar-refractivity contribution in [2.45, 2.75) is 51.6 Å². The number of carbonyl (C=O) groups is 1. The number of hydrogen-bond acceptors (Lipinski definition) is 6. The molecule has 3 N–H and O–H groups in total. The van der Waals surface area contributed by atoms with Crippen LogP contribution in [0.4, 0.5) is 11.4 Å². The van der Waals surface area contributed by atoms with E-state index in [9.17, 15) is 4.79 Å². The van der Waals surface area contributed by atoms with Crippen molar-refractivity contribution in [3.8, 4) is 34.0 Å². The van der Waals surface area contributed by atoms with E-state index in [0.29, 0.717) is 17.1 Å². The number of aromatic nitrogens is 4. The summed E-state index contributed by atoms with van der Waals surface area (Å²) in [4.78, 5) is 22.3. The summed E-state index contributed by atoms with van der Waals surface area (Å²) >= 11 is 0. The summed E-state index contributed by atoms with van der Waals surface area (Å²) in [5.74, 6) is 3.21. The summed E-state index contributed by atoms with van der Waals surface area (Å²) in [5, 5.41) is 3.01. The molecule has 0 saturated carbocycles. The van der Waals surface area contributed by atoms with Gasteiger partial charge in [-0.3, -0.25) is 4.79 Å². The number of nitrogens with one attached hydrogen (secondary N) is 1. The Hall–Kier alpha value is -5.05. The van der Waals surface area contributed by atoms with Gasteiger partial charge in [0.15, 0.2) is 11.5 Å². The van der Waals surface area contributed by atoms with Crippen LogP contribution in [0.3, 0.4) is 0 Å². The van der Waals surface area contributed by atoms with Gasteiger partial charge in [0.1, 0.15) is 11.6 Å². The molecule has 0 spiro atoms. The Morgan fingerprint density at radius 3 is 1.95 bits per heavy atom. The number of rotatable bonds is 6. The van der Waals surface area contributed by atoms with E-state index in [1.807, 2.05) is 48.5 Å². The monoisotopic (exact) mass is 590 g/mol. The molecule has 9 heteroatoms. The SMILES string of the molecule is COc1ccc(C(=O)Nc2ccccc2-c2cn3c(n2)CCCC3)cc1OC.Nc1ccccc1-c1cn2c(n1)CCCC2. The molecular formula is C35H38N6O3. The van der Waals surface area contributed by atoms with Gasteiger partial charge in [-0.05, 0) is 56.0 Å². The van der Waals surface area contributed by atoms with Gasteiger partial charge in [-0.2, -0.15) is 0 Å². The summed E-state index contributed by atoms with van der Waals surface area (Å²) < 4.78 is 15.0. The number of amides is 1. The van der Waals surface area contributed by atoms with Gasteiger partial charge in [0.2, 0.25) is 0 Å². The number of aryl methyl sites for hydroxylation is 4. The molecule has 5 aromatic rings. The number of hydrogen-bond donors (Lipinski definition) is 2. The number of methoxy groups -OCH3 is 2. The van der Waals surface area contributed by atoms with Crippen LogP contribution in [-0.2, 0) is 25.9 Å². The maximum Gasteiger partial charge on any atom is 0.255 e. The minimum atomic E-state index is -0.211. The third-order valence-electron chi connectivity index (χ3n) is 8.15. The van der Waals surface area contributed by atoms with Gasteiger partial charge in [-0.1, -0.05) is 36.4 Å². The Kier molecular flexibility index (Phi) is 8.63. The van der Waals surface area contributed by atoms with E-state index in [1.165, 1.54) is 31.5 Å². The smallest absolute Gasteiger partial charge is 0.255 e. The maximum absolute atomic E-state index is 12.8. The average molecular weight is 591 g/mol. The molecule has 3 aromatic carbocycles. The molecule has 0 atom stereocenters. The topological polar surface area (TPSA) is 109 Å². The zero-order valence-corrected chi connectivity index (χ0v) is 25.3. The van der Waals surface area contributed by atoms with E-state index >= 15 is 0 Å². The van der Waals surface area contributed by atoms with Crippen molar-refractivity contribution in [2.75, 3.05) is 25.3 Å². The van der Waals surface area contributed by atoms with E-state index in [-0.39, 0.29) is 5.91 Å². The Morgan fingerprint density at radius 2 is 1.34 bits per heavy atom. The number of benzene rings is 3. The number of nitrogens with two attached hydrogens (primary N) is 1. The van der Waals surface area contributed by atoms with Crippen molar-refractivity contribution < 1.29 is 14.3 Å². The average Bonchev–Trinajstić information content (AvgIpc) is 3.70. The van der Waals surface area contributed by atoms with E-state index < -0.39 is 0 Å². The van der Waals surface area contributed by atoms with Crippen LogP contribution in [0.15, 0.2) is 79.1 Å². The molecule has 0 saturated heterocycles. The van der Waals surface area contributed by atoms with Crippen LogP contribution in [0.25, 0.3) is 22.5 Å². The molecule has 2 aliphatic rings. The van der Waals surface area contributed by atoms with Crippen LogP contribution in [0.5, 0.6) is 11.5 Å². The lowest BCUT2D eigenvalue weighted by Gasteiger charge is -2.12. The van der Waals surface area contributed by atoms with Gasteiger partial charge in [0, 0.05) is 60.7 Å². The van der Waals surface area contributed by atoms with Crippen molar-refractivity contribution in [3.63, 3.8) is 0 Å². The second-order valence-electron chi connectivity index (χ2n) is 11.0. The first-order valence-corrected chi connectivity index (χ1v) is 15.1. The van der Waals surface area contributed by atoms with Crippen LogP contribution in [0.2, 0.25) is 0 Å². The number of anilines is 2. The molecule has 0 unspecified atom stereocenters. The number of ether oxygens (including phenoxy) is 2. The Morgan fingerprint density at radius 1 is 0.750 bits per heavy atom. The lowest BCUT2D eigenvalue weighted by molar-refractivity contribution is 0.102. The number of nitrogens with zero attached hydrogens (tertiary/aromatic N) is 4. The predicted molar refractivity (Wildman–Crippen MR) is 173 cm³/mol. The van der Waals surface area contributed by atoms with E-state index in [4.69, 9.17) is 20.2 Å². The number of carbonyl (C=O) groups excluding carboxylic acids is 1. The maximum atomic E-state index is 12.8. The minimum absolute atomic E-state index is 0.211. The van der Waals surface area contributed by atoms with E-state index in [0.717, 1.165) is 65.6 Å². The highest BCUT2D eigenvalue weighted by Crippen LogP contribution is 2.31. The molecule has 9 nitrogen and oxygen atoms in total. The largest absolute Gasteiger partial charge is 0.493 e. The van der Waals surface area contributed by atoms with Crippen molar-refractivity contribution >= 4 is 17.3 Å². The van der Waals surface area contributed by atoms with Gasteiger partial charge in [0.25, 0.3) is 5.91 Å². The molecular weight excluding hydrogens is 552 g/mol. The second-order valence-corrected chi connectivity index (χ2v) is 11.0. The second kappa shape index (κ2) is 13.1. The van der Waals surface area contributed by atoms with Crippen LogP contribution in [0, 0.1) is 0 Å². The first kappa shape index (κ1) is 29.0. The summed E-state index contributed by atoms with van der Waals surface area (Å²) in [6, 6.07) is 20.8. The van der Waals surface area contributed by atoms with Gasteiger partial charge < -0.3 is 29.7 Å². The zero-order valence-electron chi connectivity index (χ0n) is 25.3. The van der Waals surface area contributed by atoms with Crippen molar-refractivity contribution in [1.82, 2.24) is 19.1 Å².